The highest BCUT2D eigenvalue weighted by Gasteiger charge is 2.34. The van der Waals surface area contributed by atoms with E-state index in [9.17, 15) is 27.6 Å². The van der Waals surface area contributed by atoms with Gasteiger partial charge in [0.25, 0.3) is 17.7 Å². The fraction of sp³-hybridized carbons (Fsp3) is 0.143. The Morgan fingerprint density at radius 3 is 2.18 bits per heavy atom. The first-order valence-electron chi connectivity index (χ1n) is 9.57. The number of alkyl halides is 1. The number of likely N-dealkylation sites (tertiary alicyclic amines) is 1. The predicted octanol–water partition coefficient (Wildman–Crippen LogP) is 3.64. The quantitative estimate of drug-likeness (QED) is 0.488. The van der Waals surface area contributed by atoms with Crippen LogP contribution in [0, 0.1) is 11.6 Å². The number of rotatable bonds is 5. The smallest absolute Gasteiger partial charge is 0.275 e. The van der Waals surface area contributed by atoms with Crippen molar-refractivity contribution in [3.63, 3.8) is 0 Å². The summed E-state index contributed by atoms with van der Waals surface area (Å²) in [6.07, 6.45) is 0.110. The summed E-state index contributed by atoms with van der Waals surface area (Å²) in [4.78, 5) is 44.9. The number of carbonyl (C=O) groups excluding carboxylic acids is 3. The Kier molecular flexibility index (Phi) is 6.05. The lowest BCUT2D eigenvalue weighted by atomic mass is 10.1. The van der Waals surface area contributed by atoms with Gasteiger partial charge in [-0.1, -0.05) is 11.6 Å². The van der Waals surface area contributed by atoms with Crippen LogP contribution in [0.4, 0.5) is 24.5 Å². The Bertz CT molecular complexity index is 1240. The molecule has 8 nitrogen and oxygen atoms in total. The van der Waals surface area contributed by atoms with Gasteiger partial charge in [0.1, 0.15) is 11.9 Å². The molecule has 2 aromatic carbocycles. The van der Waals surface area contributed by atoms with Gasteiger partial charge in [-0.2, -0.15) is 0 Å². The molecule has 0 saturated carbocycles. The SMILES string of the molecule is O=C(Nc1ccc(NC(=O)c2[nH]cnc2C(=O)N2CC(F)C2)cc1)c1cc(F)c(F)cc1Cl. The minimum atomic E-state index is -1.21. The van der Waals surface area contributed by atoms with Gasteiger partial charge < -0.3 is 20.5 Å². The van der Waals surface area contributed by atoms with Crippen LogP contribution >= 0.6 is 11.6 Å². The monoisotopic (exact) mass is 477 g/mol. The summed E-state index contributed by atoms with van der Waals surface area (Å²) in [6.45, 7) is -0.0918. The first-order chi connectivity index (χ1) is 15.7. The maximum atomic E-state index is 13.4. The molecule has 0 atom stereocenters. The molecule has 1 aliphatic rings. The van der Waals surface area contributed by atoms with Crippen molar-refractivity contribution in [2.45, 2.75) is 6.17 Å². The molecule has 0 radical (unpaired) electrons. The first-order valence-corrected chi connectivity index (χ1v) is 9.94. The second-order valence-corrected chi connectivity index (χ2v) is 7.57. The van der Waals surface area contributed by atoms with Gasteiger partial charge in [0.15, 0.2) is 17.3 Å². The van der Waals surface area contributed by atoms with Crippen molar-refractivity contribution in [3.05, 3.63) is 76.3 Å². The van der Waals surface area contributed by atoms with Crippen molar-refractivity contribution in [1.29, 1.82) is 0 Å². The second kappa shape index (κ2) is 8.94. The highest BCUT2D eigenvalue weighted by molar-refractivity contribution is 6.34. The fourth-order valence-corrected chi connectivity index (χ4v) is 3.33. The van der Waals surface area contributed by atoms with Crippen LogP contribution in [0.15, 0.2) is 42.7 Å². The molecule has 0 bridgehead atoms. The summed E-state index contributed by atoms with van der Waals surface area (Å²) in [5.74, 6) is -4.33. The van der Waals surface area contributed by atoms with E-state index >= 15 is 0 Å². The number of halogens is 4. The third kappa shape index (κ3) is 4.67. The lowest BCUT2D eigenvalue weighted by molar-refractivity contribution is 0.0393. The van der Waals surface area contributed by atoms with E-state index in [-0.39, 0.29) is 35.1 Å². The maximum Gasteiger partial charge on any atom is 0.275 e. The van der Waals surface area contributed by atoms with Gasteiger partial charge in [0.05, 0.1) is 30.0 Å². The number of aromatic amines is 1. The highest BCUT2D eigenvalue weighted by Crippen LogP contribution is 2.22. The van der Waals surface area contributed by atoms with Gasteiger partial charge in [-0.05, 0) is 36.4 Å². The summed E-state index contributed by atoms with van der Waals surface area (Å²) in [5, 5.41) is 4.81. The topological polar surface area (TPSA) is 107 Å². The van der Waals surface area contributed by atoms with Crippen LogP contribution in [-0.2, 0) is 0 Å². The molecule has 0 unspecified atom stereocenters. The van der Waals surface area contributed by atoms with Crippen LogP contribution in [0.2, 0.25) is 5.02 Å². The van der Waals surface area contributed by atoms with E-state index in [1.165, 1.54) is 35.5 Å². The van der Waals surface area contributed by atoms with Crippen LogP contribution in [0.5, 0.6) is 0 Å². The predicted molar refractivity (Wildman–Crippen MR) is 113 cm³/mol. The van der Waals surface area contributed by atoms with Crippen LogP contribution in [0.1, 0.15) is 31.3 Å². The summed E-state index contributed by atoms with van der Waals surface area (Å²) < 4.78 is 39.6. The zero-order valence-electron chi connectivity index (χ0n) is 16.7. The molecule has 0 spiro atoms. The lowest BCUT2D eigenvalue weighted by Crippen LogP contribution is -2.51. The van der Waals surface area contributed by atoms with E-state index in [2.05, 4.69) is 20.6 Å². The molecule has 3 amide bonds. The van der Waals surface area contributed by atoms with Crippen LogP contribution in [0.3, 0.4) is 0 Å². The zero-order valence-corrected chi connectivity index (χ0v) is 17.4. The molecule has 1 aromatic heterocycles. The van der Waals surface area contributed by atoms with Gasteiger partial charge >= 0.3 is 0 Å². The molecular weight excluding hydrogens is 463 g/mol. The molecule has 1 saturated heterocycles. The van der Waals surface area contributed by atoms with Gasteiger partial charge in [-0.15, -0.1) is 0 Å². The molecule has 3 aromatic rings. The van der Waals surface area contributed by atoms with Crippen molar-refractivity contribution in [1.82, 2.24) is 14.9 Å². The third-order valence-corrected chi connectivity index (χ3v) is 5.16. The van der Waals surface area contributed by atoms with E-state index in [1.807, 2.05) is 0 Å². The molecular formula is C21H15ClF3N5O3. The Morgan fingerprint density at radius 1 is 1.00 bits per heavy atom. The van der Waals surface area contributed by atoms with Gasteiger partial charge in [-0.25, -0.2) is 18.2 Å². The highest BCUT2D eigenvalue weighted by atomic mass is 35.5. The van der Waals surface area contributed by atoms with E-state index in [0.29, 0.717) is 23.5 Å². The lowest BCUT2D eigenvalue weighted by Gasteiger charge is -2.33. The molecule has 12 heteroatoms. The third-order valence-electron chi connectivity index (χ3n) is 4.85. The molecule has 33 heavy (non-hydrogen) atoms. The fourth-order valence-electron chi connectivity index (χ4n) is 3.10. The van der Waals surface area contributed by atoms with Crippen molar-refractivity contribution in [2.24, 2.45) is 0 Å². The van der Waals surface area contributed by atoms with Crippen LogP contribution < -0.4 is 10.6 Å². The number of nitrogens with zero attached hydrogens (tertiary/aromatic N) is 2. The zero-order chi connectivity index (χ0) is 23.7. The average molecular weight is 478 g/mol. The van der Waals surface area contributed by atoms with Crippen LogP contribution in [-0.4, -0.2) is 51.9 Å². The normalized spacial score (nSPS) is 13.4. The van der Waals surface area contributed by atoms with Crippen molar-refractivity contribution in [3.8, 4) is 0 Å². The Morgan fingerprint density at radius 2 is 1.58 bits per heavy atom. The van der Waals surface area contributed by atoms with Crippen molar-refractivity contribution in [2.75, 3.05) is 23.7 Å². The Balaban J connectivity index is 1.41. The summed E-state index contributed by atoms with van der Waals surface area (Å²) in [5.41, 5.74) is 0.199. The van der Waals surface area contributed by atoms with E-state index in [0.717, 1.165) is 0 Å². The molecule has 3 N–H and O–H groups in total. The minimum Gasteiger partial charge on any atom is -0.340 e. The van der Waals surface area contributed by atoms with Crippen molar-refractivity contribution >= 4 is 40.7 Å². The number of hydrogen-bond donors (Lipinski definition) is 3. The number of hydrogen-bond acceptors (Lipinski definition) is 4. The Hall–Kier alpha value is -3.86. The Labute approximate surface area is 189 Å². The molecule has 0 aliphatic carbocycles. The van der Waals surface area contributed by atoms with E-state index in [1.54, 1.807) is 0 Å². The number of H-pyrrole nitrogens is 1. The average Bonchev–Trinajstić information content (AvgIpc) is 3.25. The van der Waals surface area contributed by atoms with Crippen molar-refractivity contribution < 1.29 is 27.6 Å². The first kappa shape index (κ1) is 22.3. The molecule has 170 valence electrons. The van der Waals surface area contributed by atoms with Gasteiger partial charge in [-0.3, -0.25) is 14.4 Å². The largest absolute Gasteiger partial charge is 0.340 e. The number of nitrogens with one attached hydrogen (secondary N) is 3. The van der Waals surface area contributed by atoms with E-state index < -0.39 is 35.5 Å². The number of benzene rings is 2. The number of anilines is 2. The molecule has 2 heterocycles. The van der Waals surface area contributed by atoms with Crippen LogP contribution in [0.25, 0.3) is 0 Å². The van der Waals surface area contributed by atoms with Gasteiger partial charge in [0.2, 0.25) is 0 Å². The summed E-state index contributed by atoms with van der Waals surface area (Å²) in [7, 11) is 0. The number of aromatic nitrogens is 2. The van der Waals surface area contributed by atoms with Gasteiger partial charge in [0, 0.05) is 11.4 Å². The molecule has 4 rings (SSSR count). The molecule has 1 fully saturated rings. The molecule has 1 aliphatic heterocycles. The maximum absolute atomic E-state index is 13.4. The van der Waals surface area contributed by atoms with E-state index in [4.69, 9.17) is 11.6 Å². The number of amides is 3. The minimum absolute atomic E-state index is 0.0459. The second-order valence-electron chi connectivity index (χ2n) is 7.17. The summed E-state index contributed by atoms with van der Waals surface area (Å²) in [6, 6.07) is 7.27. The number of imidazole rings is 1. The summed E-state index contributed by atoms with van der Waals surface area (Å²) >= 11 is 5.80. The standard InChI is InChI=1S/C21H15ClF3N5O3/c22-14-6-16(25)15(24)5-13(14)19(31)28-11-1-3-12(4-2-11)29-20(32)17-18(27-9-26-17)21(33)30-7-10(23)8-30/h1-6,9-10H,7-8H2,(H,26,27)(H,28,31)(H,29,32). The number of carbonyl (C=O) groups is 3.